The first-order chi connectivity index (χ1) is 11.2. The van der Waals surface area contributed by atoms with Crippen LogP contribution in [0.1, 0.15) is 17.1 Å². The summed E-state index contributed by atoms with van der Waals surface area (Å²) in [5.41, 5.74) is 3.11. The van der Waals surface area contributed by atoms with E-state index in [0.717, 1.165) is 42.2 Å². The Kier molecular flexibility index (Phi) is 3.63. The highest BCUT2D eigenvalue weighted by Gasteiger charge is 2.32. The van der Waals surface area contributed by atoms with Crippen LogP contribution < -0.4 is 0 Å². The van der Waals surface area contributed by atoms with Crippen molar-refractivity contribution >= 4 is 5.52 Å². The van der Waals surface area contributed by atoms with Crippen molar-refractivity contribution in [3.8, 4) is 0 Å². The molecule has 0 aromatic carbocycles. The molecule has 1 saturated heterocycles. The molecule has 3 aromatic heterocycles. The van der Waals surface area contributed by atoms with E-state index in [1.807, 2.05) is 41.9 Å². The summed E-state index contributed by atoms with van der Waals surface area (Å²) in [7, 11) is 0. The first-order valence-electron chi connectivity index (χ1n) is 7.93. The molecule has 0 saturated carbocycles. The fourth-order valence-corrected chi connectivity index (χ4v) is 3.40. The van der Waals surface area contributed by atoms with Gasteiger partial charge < -0.3 is 9.63 Å². The number of hydrogen-bond acceptors (Lipinski definition) is 5. The van der Waals surface area contributed by atoms with Crippen molar-refractivity contribution in [3.05, 3.63) is 53.7 Å². The zero-order valence-electron chi connectivity index (χ0n) is 13.1. The zero-order valence-corrected chi connectivity index (χ0v) is 13.1. The Hall–Kier alpha value is -2.18. The van der Waals surface area contributed by atoms with E-state index in [4.69, 9.17) is 4.52 Å². The summed E-state index contributed by atoms with van der Waals surface area (Å²) in [5.74, 6) is 1.03. The summed E-state index contributed by atoms with van der Waals surface area (Å²) in [6.07, 6.45) is 2.20. The molecule has 1 N–H and O–H groups in total. The third kappa shape index (κ3) is 2.87. The van der Waals surface area contributed by atoms with Crippen molar-refractivity contribution in [1.29, 1.82) is 0 Å². The minimum Gasteiger partial charge on any atom is -0.391 e. The van der Waals surface area contributed by atoms with E-state index < -0.39 is 0 Å². The number of nitrogens with zero attached hydrogens (tertiary/aromatic N) is 4. The topological polar surface area (TPSA) is 66.8 Å². The van der Waals surface area contributed by atoms with Gasteiger partial charge in [-0.15, -0.1) is 0 Å². The third-order valence-electron chi connectivity index (χ3n) is 4.51. The molecule has 1 aliphatic heterocycles. The SMILES string of the molecule is Cc1cc(C[C@@H]2CN(Cc3cccc4ccnn34)C[C@H]2O)on1. The van der Waals surface area contributed by atoms with Crippen LogP contribution in [0.4, 0.5) is 0 Å². The summed E-state index contributed by atoms with van der Waals surface area (Å²) >= 11 is 0. The molecule has 0 aliphatic carbocycles. The van der Waals surface area contributed by atoms with Gasteiger partial charge in [-0.05, 0) is 25.1 Å². The summed E-state index contributed by atoms with van der Waals surface area (Å²) in [6, 6.07) is 10.1. The monoisotopic (exact) mass is 312 g/mol. The molecular formula is C17H20N4O2. The fourth-order valence-electron chi connectivity index (χ4n) is 3.40. The maximum absolute atomic E-state index is 10.4. The number of pyridine rings is 1. The lowest BCUT2D eigenvalue weighted by Crippen LogP contribution is -2.22. The van der Waals surface area contributed by atoms with E-state index in [1.54, 1.807) is 0 Å². The molecular weight excluding hydrogens is 292 g/mol. The summed E-state index contributed by atoms with van der Waals surface area (Å²) in [4.78, 5) is 2.27. The first kappa shape index (κ1) is 14.4. The minimum atomic E-state index is -0.336. The smallest absolute Gasteiger partial charge is 0.137 e. The van der Waals surface area contributed by atoms with Crippen LogP contribution in [0.5, 0.6) is 0 Å². The van der Waals surface area contributed by atoms with E-state index in [0.29, 0.717) is 6.54 Å². The molecule has 0 spiro atoms. The van der Waals surface area contributed by atoms with Gasteiger partial charge >= 0.3 is 0 Å². The molecule has 6 nitrogen and oxygen atoms in total. The van der Waals surface area contributed by atoms with Crippen molar-refractivity contribution in [2.45, 2.75) is 26.0 Å². The van der Waals surface area contributed by atoms with Gasteiger partial charge in [0, 0.05) is 44.2 Å². The predicted octanol–water partition coefficient (Wildman–Crippen LogP) is 1.67. The van der Waals surface area contributed by atoms with Crippen LogP contribution in [0.3, 0.4) is 0 Å². The standard InChI is InChI=1S/C17H20N4O2/c1-12-7-16(23-19-12)8-13-9-20(11-17(13)22)10-15-4-2-3-14-5-6-18-21(14)15/h2-7,13,17,22H,8-11H2,1H3/t13-,17-/m1/s1. The number of aryl methyl sites for hydroxylation is 1. The molecule has 4 rings (SSSR count). The highest BCUT2D eigenvalue weighted by atomic mass is 16.5. The second kappa shape index (κ2) is 5.79. The molecule has 23 heavy (non-hydrogen) atoms. The third-order valence-corrected chi connectivity index (χ3v) is 4.51. The van der Waals surface area contributed by atoms with Gasteiger partial charge in [-0.3, -0.25) is 4.90 Å². The highest BCUT2D eigenvalue weighted by Crippen LogP contribution is 2.23. The van der Waals surface area contributed by atoms with Gasteiger partial charge in [-0.1, -0.05) is 11.2 Å². The maximum Gasteiger partial charge on any atom is 0.137 e. The van der Waals surface area contributed by atoms with Gasteiger partial charge in [-0.2, -0.15) is 5.10 Å². The Bertz CT molecular complexity index is 810. The lowest BCUT2D eigenvalue weighted by atomic mass is 10.0. The number of rotatable bonds is 4. The normalized spacial score (nSPS) is 22.2. The zero-order chi connectivity index (χ0) is 15.8. The van der Waals surface area contributed by atoms with Crippen molar-refractivity contribution in [2.24, 2.45) is 5.92 Å². The maximum atomic E-state index is 10.4. The number of aliphatic hydroxyl groups is 1. The van der Waals surface area contributed by atoms with Crippen LogP contribution in [0.25, 0.3) is 5.52 Å². The quantitative estimate of drug-likeness (QED) is 0.794. The van der Waals surface area contributed by atoms with Gasteiger partial charge in [0.1, 0.15) is 5.76 Å². The van der Waals surface area contributed by atoms with E-state index >= 15 is 0 Å². The second-order valence-corrected chi connectivity index (χ2v) is 6.35. The molecule has 1 aliphatic rings. The second-order valence-electron chi connectivity index (χ2n) is 6.35. The number of likely N-dealkylation sites (tertiary alicyclic amines) is 1. The average Bonchev–Trinajstić information content (AvgIpc) is 3.22. The minimum absolute atomic E-state index is 0.180. The lowest BCUT2D eigenvalue weighted by Gasteiger charge is -2.16. The molecule has 1 fully saturated rings. The van der Waals surface area contributed by atoms with E-state index in [9.17, 15) is 5.11 Å². The Morgan fingerprint density at radius 2 is 2.22 bits per heavy atom. The van der Waals surface area contributed by atoms with Crippen molar-refractivity contribution in [1.82, 2.24) is 19.7 Å². The Morgan fingerprint density at radius 3 is 3.04 bits per heavy atom. The van der Waals surface area contributed by atoms with Gasteiger partial charge in [-0.25, -0.2) is 4.52 Å². The molecule has 120 valence electrons. The van der Waals surface area contributed by atoms with E-state index in [2.05, 4.69) is 21.2 Å². The number of hydrogen-bond donors (Lipinski definition) is 1. The Morgan fingerprint density at radius 1 is 1.30 bits per heavy atom. The molecule has 0 unspecified atom stereocenters. The molecule has 0 radical (unpaired) electrons. The Labute approximate surface area is 134 Å². The number of fused-ring (bicyclic) bond motifs is 1. The van der Waals surface area contributed by atoms with Gasteiger partial charge in [0.05, 0.1) is 23.0 Å². The summed E-state index contributed by atoms with van der Waals surface area (Å²) < 4.78 is 7.24. The first-order valence-corrected chi connectivity index (χ1v) is 7.93. The van der Waals surface area contributed by atoms with E-state index in [1.165, 1.54) is 0 Å². The number of aliphatic hydroxyl groups excluding tert-OH is 1. The summed E-state index contributed by atoms with van der Waals surface area (Å²) in [5, 5.41) is 18.6. The largest absolute Gasteiger partial charge is 0.391 e. The van der Waals surface area contributed by atoms with Gasteiger partial charge in [0.25, 0.3) is 0 Å². The predicted molar refractivity (Wildman–Crippen MR) is 84.9 cm³/mol. The van der Waals surface area contributed by atoms with Crippen LogP contribution in [0.2, 0.25) is 0 Å². The van der Waals surface area contributed by atoms with Gasteiger partial charge in [0.2, 0.25) is 0 Å². The van der Waals surface area contributed by atoms with Crippen LogP contribution in [0.15, 0.2) is 41.1 Å². The van der Waals surface area contributed by atoms with Crippen LogP contribution in [-0.4, -0.2) is 44.0 Å². The molecule has 0 amide bonds. The number of β-amino-alcohol motifs (C(OH)–C–C–N with tert-alkyl or cyclic N) is 1. The molecule has 2 atom stereocenters. The van der Waals surface area contributed by atoms with Crippen LogP contribution in [-0.2, 0) is 13.0 Å². The highest BCUT2D eigenvalue weighted by molar-refractivity contribution is 5.46. The average molecular weight is 312 g/mol. The van der Waals surface area contributed by atoms with Gasteiger partial charge in [0.15, 0.2) is 0 Å². The van der Waals surface area contributed by atoms with Crippen molar-refractivity contribution in [3.63, 3.8) is 0 Å². The molecule has 3 aromatic rings. The number of aromatic nitrogens is 3. The Balaban J connectivity index is 1.46. The molecule has 6 heteroatoms. The van der Waals surface area contributed by atoms with Crippen LogP contribution in [0, 0.1) is 12.8 Å². The lowest BCUT2D eigenvalue weighted by molar-refractivity contribution is 0.137. The molecule has 0 bridgehead atoms. The van der Waals surface area contributed by atoms with E-state index in [-0.39, 0.29) is 12.0 Å². The van der Waals surface area contributed by atoms with Crippen molar-refractivity contribution in [2.75, 3.05) is 13.1 Å². The fraction of sp³-hybridized carbons (Fsp3) is 0.412. The van der Waals surface area contributed by atoms with Crippen LogP contribution >= 0.6 is 0 Å². The summed E-state index contributed by atoms with van der Waals surface area (Å²) in [6.45, 7) is 4.21. The van der Waals surface area contributed by atoms with Crippen molar-refractivity contribution < 1.29 is 9.63 Å². The molecule has 4 heterocycles.